The molecule has 22 heavy (non-hydrogen) atoms. The van der Waals surface area contributed by atoms with Gasteiger partial charge in [-0.25, -0.2) is 4.79 Å². The van der Waals surface area contributed by atoms with Crippen molar-refractivity contribution in [2.24, 2.45) is 0 Å². The van der Waals surface area contributed by atoms with Gasteiger partial charge in [0.25, 0.3) is 5.91 Å². The fraction of sp³-hybridized carbons (Fsp3) is 0.0667. The van der Waals surface area contributed by atoms with Crippen molar-refractivity contribution in [3.8, 4) is 5.75 Å². The molecule has 0 fully saturated rings. The number of amides is 1. The molecule has 0 unspecified atom stereocenters. The maximum atomic E-state index is 12.2. The molecule has 0 saturated carbocycles. The van der Waals surface area contributed by atoms with Crippen LogP contribution in [0.3, 0.4) is 0 Å². The molecule has 0 aliphatic rings. The number of nitrogens with one attached hydrogen (secondary N) is 1. The van der Waals surface area contributed by atoms with Crippen molar-refractivity contribution in [1.82, 2.24) is 0 Å². The minimum absolute atomic E-state index is 0.0117. The van der Waals surface area contributed by atoms with Crippen LogP contribution < -0.4 is 10.1 Å². The second-order valence-corrected chi connectivity index (χ2v) is 5.62. The van der Waals surface area contributed by atoms with Crippen LogP contribution in [0.1, 0.15) is 20.7 Å². The lowest BCUT2D eigenvalue weighted by atomic mass is 10.1. The number of ether oxygens (including phenoxy) is 1. The number of anilines is 1. The molecular formula is C15H11BrClNO4. The first-order valence-electron chi connectivity index (χ1n) is 6.10. The summed E-state index contributed by atoms with van der Waals surface area (Å²) in [6, 6.07) is 9.13. The van der Waals surface area contributed by atoms with E-state index in [9.17, 15) is 14.7 Å². The minimum atomic E-state index is -1.13. The van der Waals surface area contributed by atoms with E-state index < -0.39 is 11.9 Å². The number of aromatic carboxylic acids is 1. The van der Waals surface area contributed by atoms with Crippen LogP contribution in [0.15, 0.2) is 40.9 Å². The normalized spacial score (nSPS) is 10.1. The highest BCUT2D eigenvalue weighted by Crippen LogP contribution is 2.26. The predicted molar refractivity (Wildman–Crippen MR) is 87.1 cm³/mol. The van der Waals surface area contributed by atoms with E-state index in [0.29, 0.717) is 20.8 Å². The van der Waals surface area contributed by atoms with E-state index in [1.807, 2.05) is 0 Å². The lowest BCUT2D eigenvalue weighted by Crippen LogP contribution is -2.14. The average molecular weight is 385 g/mol. The van der Waals surface area contributed by atoms with Crippen LogP contribution in [0.4, 0.5) is 5.69 Å². The van der Waals surface area contributed by atoms with Gasteiger partial charge in [0.05, 0.1) is 23.4 Å². The highest BCUT2D eigenvalue weighted by molar-refractivity contribution is 9.10. The van der Waals surface area contributed by atoms with E-state index >= 15 is 0 Å². The van der Waals surface area contributed by atoms with Crippen molar-refractivity contribution < 1.29 is 19.4 Å². The van der Waals surface area contributed by atoms with Gasteiger partial charge in [-0.1, -0.05) is 27.5 Å². The van der Waals surface area contributed by atoms with Gasteiger partial charge in [0.2, 0.25) is 0 Å². The van der Waals surface area contributed by atoms with Crippen molar-refractivity contribution >= 4 is 45.1 Å². The molecule has 0 bridgehead atoms. The molecule has 114 valence electrons. The predicted octanol–water partition coefficient (Wildman–Crippen LogP) is 4.06. The molecule has 0 aliphatic carbocycles. The number of hydrogen-bond donors (Lipinski definition) is 2. The molecule has 0 spiro atoms. The van der Waals surface area contributed by atoms with Crippen LogP contribution in [0, 0.1) is 0 Å². The highest BCUT2D eigenvalue weighted by Gasteiger charge is 2.15. The standard InChI is InChI=1S/C15H11BrClNO4/c1-22-13-5-2-8(6-11(13)17)14(19)18-12-4-3-9(16)7-10(12)15(20)21/h2-7H,1H3,(H,18,19)(H,20,21). The molecule has 0 radical (unpaired) electrons. The number of carboxylic acid groups (broad SMARTS) is 1. The molecule has 2 aromatic rings. The Morgan fingerprint density at radius 1 is 1.23 bits per heavy atom. The second-order valence-electron chi connectivity index (χ2n) is 4.30. The van der Waals surface area contributed by atoms with E-state index in [4.69, 9.17) is 16.3 Å². The third-order valence-electron chi connectivity index (χ3n) is 2.87. The monoisotopic (exact) mass is 383 g/mol. The summed E-state index contributed by atoms with van der Waals surface area (Å²) in [7, 11) is 1.47. The van der Waals surface area contributed by atoms with Gasteiger partial charge in [-0.15, -0.1) is 0 Å². The zero-order chi connectivity index (χ0) is 16.3. The van der Waals surface area contributed by atoms with Crippen molar-refractivity contribution in [3.63, 3.8) is 0 Å². The SMILES string of the molecule is COc1ccc(C(=O)Nc2ccc(Br)cc2C(=O)O)cc1Cl. The van der Waals surface area contributed by atoms with Gasteiger partial charge in [0.15, 0.2) is 0 Å². The molecule has 0 aliphatic heterocycles. The third-order valence-corrected chi connectivity index (χ3v) is 3.66. The van der Waals surface area contributed by atoms with Crippen LogP contribution in [0.25, 0.3) is 0 Å². The van der Waals surface area contributed by atoms with Crippen LogP contribution in [0.5, 0.6) is 5.75 Å². The lowest BCUT2D eigenvalue weighted by molar-refractivity contribution is 0.0698. The average Bonchev–Trinajstić information content (AvgIpc) is 2.48. The fourth-order valence-corrected chi connectivity index (χ4v) is 2.42. The fourth-order valence-electron chi connectivity index (χ4n) is 1.80. The van der Waals surface area contributed by atoms with Gasteiger partial charge in [0, 0.05) is 10.0 Å². The minimum Gasteiger partial charge on any atom is -0.495 e. The van der Waals surface area contributed by atoms with Crippen LogP contribution in [-0.4, -0.2) is 24.1 Å². The van der Waals surface area contributed by atoms with Crippen molar-refractivity contribution in [1.29, 1.82) is 0 Å². The molecular weight excluding hydrogens is 374 g/mol. The Labute approximate surface area is 140 Å². The maximum Gasteiger partial charge on any atom is 0.337 e. The molecule has 1 amide bonds. The van der Waals surface area contributed by atoms with Crippen molar-refractivity contribution in [2.45, 2.75) is 0 Å². The Balaban J connectivity index is 2.29. The summed E-state index contributed by atoms with van der Waals surface area (Å²) in [6.45, 7) is 0. The zero-order valence-electron chi connectivity index (χ0n) is 11.4. The summed E-state index contributed by atoms with van der Waals surface area (Å²) in [5, 5.41) is 12.0. The molecule has 2 rings (SSSR count). The number of hydrogen-bond acceptors (Lipinski definition) is 3. The summed E-state index contributed by atoms with van der Waals surface area (Å²) < 4.78 is 5.62. The Hall–Kier alpha value is -2.05. The third kappa shape index (κ3) is 3.58. The first-order valence-corrected chi connectivity index (χ1v) is 7.27. The highest BCUT2D eigenvalue weighted by atomic mass is 79.9. The van der Waals surface area contributed by atoms with E-state index in [0.717, 1.165) is 0 Å². The van der Waals surface area contributed by atoms with Gasteiger partial charge in [-0.3, -0.25) is 4.79 Å². The summed E-state index contributed by atoms with van der Waals surface area (Å²) in [6.07, 6.45) is 0. The first-order chi connectivity index (χ1) is 10.4. The van der Waals surface area contributed by atoms with Crippen LogP contribution in [-0.2, 0) is 0 Å². The molecule has 5 nitrogen and oxygen atoms in total. The summed E-state index contributed by atoms with van der Waals surface area (Å²) in [4.78, 5) is 23.4. The molecule has 2 aromatic carbocycles. The van der Waals surface area contributed by atoms with Gasteiger partial charge in [-0.05, 0) is 36.4 Å². The summed E-state index contributed by atoms with van der Waals surface area (Å²) in [5.74, 6) is -1.15. The number of carboxylic acids is 1. The number of carbonyl (C=O) groups is 2. The number of methoxy groups -OCH3 is 1. The lowest BCUT2D eigenvalue weighted by Gasteiger charge is -2.10. The van der Waals surface area contributed by atoms with Crippen LogP contribution in [0.2, 0.25) is 5.02 Å². The molecule has 7 heteroatoms. The Morgan fingerprint density at radius 3 is 2.55 bits per heavy atom. The van der Waals surface area contributed by atoms with E-state index in [1.54, 1.807) is 18.2 Å². The quantitative estimate of drug-likeness (QED) is 0.833. The molecule has 0 heterocycles. The topological polar surface area (TPSA) is 75.6 Å². The van der Waals surface area contributed by atoms with Crippen molar-refractivity contribution in [2.75, 3.05) is 12.4 Å². The number of halogens is 2. The molecule has 2 N–H and O–H groups in total. The van der Waals surface area contributed by atoms with Gasteiger partial charge in [-0.2, -0.15) is 0 Å². The number of carbonyl (C=O) groups excluding carboxylic acids is 1. The van der Waals surface area contributed by atoms with Crippen molar-refractivity contribution in [3.05, 3.63) is 57.0 Å². The van der Waals surface area contributed by atoms with E-state index in [-0.39, 0.29) is 11.3 Å². The molecule has 0 saturated heterocycles. The Kier molecular flexibility index (Phi) is 5.05. The summed E-state index contributed by atoms with van der Waals surface area (Å²) in [5.41, 5.74) is 0.486. The van der Waals surface area contributed by atoms with Gasteiger partial charge >= 0.3 is 5.97 Å². The maximum absolute atomic E-state index is 12.2. The number of benzene rings is 2. The van der Waals surface area contributed by atoms with E-state index in [1.165, 1.54) is 25.3 Å². The van der Waals surface area contributed by atoms with Gasteiger partial charge in [0.1, 0.15) is 5.75 Å². The summed E-state index contributed by atoms with van der Waals surface area (Å²) >= 11 is 9.17. The zero-order valence-corrected chi connectivity index (χ0v) is 13.7. The van der Waals surface area contributed by atoms with Crippen LogP contribution >= 0.6 is 27.5 Å². The Bertz CT molecular complexity index is 748. The van der Waals surface area contributed by atoms with E-state index in [2.05, 4.69) is 21.2 Å². The Morgan fingerprint density at radius 2 is 1.95 bits per heavy atom. The smallest absolute Gasteiger partial charge is 0.337 e. The second kappa shape index (κ2) is 6.81. The van der Waals surface area contributed by atoms with Gasteiger partial charge < -0.3 is 15.2 Å². The first kappa shape index (κ1) is 16.3. The number of rotatable bonds is 4. The largest absolute Gasteiger partial charge is 0.495 e. The molecule has 0 aromatic heterocycles. The molecule has 0 atom stereocenters.